The van der Waals surface area contributed by atoms with E-state index in [1.165, 1.54) is 4.90 Å². The van der Waals surface area contributed by atoms with Crippen molar-refractivity contribution in [3.8, 4) is 0 Å². The van der Waals surface area contributed by atoms with E-state index in [0.29, 0.717) is 0 Å². The number of carbonyl (C=O) groups excluding carboxylic acids is 1. The zero-order chi connectivity index (χ0) is 20.1. The molecule has 2 aromatic heterocycles. The van der Waals surface area contributed by atoms with Crippen molar-refractivity contribution in [1.29, 1.82) is 0 Å². The zero-order valence-corrected chi connectivity index (χ0v) is 16.0. The van der Waals surface area contributed by atoms with Crippen molar-refractivity contribution in [3.05, 3.63) is 71.6 Å². The Labute approximate surface area is 170 Å². The van der Waals surface area contributed by atoms with Crippen LogP contribution in [0.5, 0.6) is 0 Å². The monoisotopic (exact) mass is 408 g/mol. The topological polar surface area (TPSA) is 86.5 Å². The van der Waals surface area contributed by atoms with E-state index in [2.05, 4.69) is 4.98 Å². The van der Waals surface area contributed by atoms with E-state index < -0.39 is 24.0 Å². The highest BCUT2D eigenvalue weighted by molar-refractivity contribution is 6.27. The number of alkyl halides is 1. The third-order valence-corrected chi connectivity index (χ3v) is 5.84. The smallest absolute Gasteiger partial charge is 0.326 e. The highest BCUT2D eigenvalue weighted by atomic mass is 35.5. The number of carboxylic acids is 1. The van der Waals surface area contributed by atoms with Crippen molar-refractivity contribution >= 4 is 45.3 Å². The number of hydrogen-bond acceptors (Lipinski definition) is 3. The highest BCUT2D eigenvalue weighted by Gasteiger charge is 2.43. The van der Waals surface area contributed by atoms with Crippen molar-refractivity contribution in [2.45, 2.75) is 18.5 Å². The molecule has 1 amide bonds. The van der Waals surface area contributed by atoms with Gasteiger partial charge in [-0.2, -0.15) is 0 Å². The van der Waals surface area contributed by atoms with Gasteiger partial charge in [0.05, 0.1) is 12.3 Å². The predicted molar refractivity (Wildman–Crippen MR) is 109 cm³/mol. The second kappa shape index (κ2) is 6.67. The molecule has 2 aromatic carbocycles. The first kappa shape index (κ1) is 17.8. The van der Waals surface area contributed by atoms with Gasteiger partial charge in [-0.25, -0.2) is 4.79 Å². The number of halogens is 1. The van der Waals surface area contributed by atoms with E-state index >= 15 is 0 Å². The molecule has 0 fully saturated rings. The van der Waals surface area contributed by atoms with Crippen molar-refractivity contribution in [3.63, 3.8) is 0 Å². The molecule has 0 saturated heterocycles. The van der Waals surface area contributed by atoms with Crippen LogP contribution in [-0.2, 0) is 16.0 Å². The van der Waals surface area contributed by atoms with Crippen LogP contribution in [0.2, 0.25) is 0 Å². The second-order valence-electron chi connectivity index (χ2n) is 7.18. The van der Waals surface area contributed by atoms with Gasteiger partial charge in [0, 0.05) is 28.4 Å². The molecule has 4 aromatic rings. The molecule has 0 radical (unpaired) electrons. The number of aromatic nitrogens is 1. The predicted octanol–water partition coefficient (Wildman–Crippen LogP) is 4.08. The third-order valence-electron chi connectivity index (χ3n) is 5.61. The first-order chi connectivity index (χ1) is 14.1. The fourth-order valence-electron chi connectivity index (χ4n) is 4.36. The number of benzene rings is 2. The molecule has 2 N–H and O–H groups in total. The van der Waals surface area contributed by atoms with Crippen molar-refractivity contribution in [2.24, 2.45) is 0 Å². The Bertz CT molecular complexity index is 1260. The lowest BCUT2D eigenvalue weighted by molar-refractivity contribution is -0.151. The SMILES string of the molecule is O=C(O)C1Cc2c([nH]c3ccccc23)C(c2ccc3occc3c2)N1C(=O)CCl. The molecule has 3 heterocycles. The van der Waals surface area contributed by atoms with Crippen LogP contribution in [0.1, 0.15) is 22.9 Å². The van der Waals surface area contributed by atoms with E-state index in [4.69, 9.17) is 16.0 Å². The molecule has 0 bridgehead atoms. The Balaban J connectivity index is 1.79. The maximum absolute atomic E-state index is 12.8. The van der Waals surface area contributed by atoms with E-state index in [1.807, 2.05) is 48.5 Å². The molecule has 29 heavy (non-hydrogen) atoms. The lowest BCUT2D eigenvalue weighted by atomic mass is 9.87. The highest BCUT2D eigenvalue weighted by Crippen LogP contribution is 2.41. The van der Waals surface area contributed by atoms with Gasteiger partial charge in [0.15, 0.2) is 0 Å². The molecular formula is C22H17ClN2O4. The van der Waals surface area contributed by atoms with E-state index in [9.17, 15) is 14.7 Å². The summed E-state index contributed by atoms with van der Waals surface area (Å²) < 4.78 is 5.43. The first-order valence-electron chi connectivity index (χ1n) is 9.25. The minimum atomic E-state index is -1.05. The van der Waals surface area contributed by atoms with Crippen LogP contribution in [0.3, 0.4) is 0 Å². The minimum Gasteiger partial charge on any atom is -0.480 e. The summed E-state index contributed by atoms with van der Waals surface area (Å²) in [6.07, 6.45) is 1.83. The number of fused-ring (bicyclic) bond motifs is 4. The van der Waals surface area contributed by atoms with Crippen LogP contribution >= 0.6 is 11.6 Å². The number of carbonyl (C=O) groups is 2. The lowest BCUT2D eigenvalue weighted by Gasteiger charge is -2.40. The van der Waals surface area contributed by atoms with Gasteiger partial charge in [-0.05, 0) is 35.4 Å². The maximum Gasteiger partial charge on any atom is 0.326 e. The lowest BCUT2D eigenvalue weighted by Crippen LogP contribution is -2.52. The molecule has 1 aliphatic rings. The second-order valence-corrected chi connectivity index (χ2v) is 7.44. The quantitative estimate of drug-likeness (QED) is 0.500. The molecule has 0 saturated carbocycles. The van der Waals surface area contributed by atoms with Crippen LogP contribution in [0.25, 0.3) is 21.9 Å². The summed E-state index contributed by atoms with van der Waals surface area (Å²) in [4.78, 5) is 29.8. The molecule has 1 aliphatic heterocycles. The average molecular weight is 409 g/mol. The number of aromatic amines is 1. The van der Waals surface area contributed by atoms with Gasteiger partial charge in [-0.1, -0.05) is 24.3 Å². The fraction of sp³-hybridized carbons (Fsp3) is 0.182. The minimum absolute atomic E-state index is 0.224. The third kappa shape index (κ3) is 2.71. The van der Waals surface area contributed by atoms with Crippen LogP contribution in [0, 0.1) is 0 Å². The number of aliphatic carboxylic acids is 1. The molecule has 146 valence electrons. The van der Waals surface area contributed by atoms with Gasteiger partial charge in [0.2, 0.25) is 5.91 Å². The van der Waals surface area contributed by atoms with Crippen molar-refractivity contribution < 1.29 is 19.1 Å². The number of amides is 1. The molecule has 0 spiro atoms. The Morgan fingerprint density at radius 1 is 1.21 bits per heavy atom. The molecule has 2 atom stereocenters. The first-order valence-corrected chi connectivity index (χ1v) is 9.78. The molecule has 2 unspecified atom stereocenters. The van der Waals surface area contributed by atoms with Crippen molar-refractivity contribution in [1.82, 2.24) is 9.88 Å². The number of carboxylic acid groups (broad SMARTS) is 1. The number of H-pyrrole nitrogens is 1. The number of nitrogens with one attached hydrogen (secondary N) is 1. The van der Waals surface area contributed by atoms with Crippen LogP contribution in [-0.4, -0.2) is 38.8 Å². The number of hydrogen-bond donors (Lipinski definition) is 2. The molecule has 7 heteroatoms. The molecular weight excluding hydrogens is 392 g/mol. The van der Waals surface area contributed by atoms with Gasteiger partial charge in [-0.3, -0.25) is 4.79 Å². The molecule has 6 nitrogen and oxygen atoms in total. The van der Waals surface area contributed by atoms with Gasteiger partial charge in [0.1, 0.15) is 17.5 Å². The van der Waals surface area contributed by atoms with E-state index in [-0.39, 0.29) is 12.3 Å². The maximum atomic E-state index is 12.8. The Kier molecular flexibility index (Phi) is 4.10. The Hall–Kier alpha value is -3.25. The van der Waals surface area contributed by atoms with Gasteiger partial charge >= 0.3 is 5.97 Å². The summed E-state index contributed by atoms with van der Waals surface area (Å²) >= 11 is 5.88. The zero-order valence-electron chi connectivity index (χ0n) is 15.3. The summed E-state index contributed by atoms with van der Waals surface area (Å²) in [5.41, 5.74) is 4.19. The number of nitrogens with zero attached hydrogens (tertiary/aromatic N) is 1. The Morgan fingerprint density at radius 3 is 2.83 bits per heavy atom. The standard InChI is InChI=1S/C22H17ClN2O4/c23-11-19(26)25-17(22(27)28)10-15-14-3-1-2-4-16(14)24-20(15)21(25)13-5-6-18-12(9-13)7-8-29-18/h1-9,17,21,24H,10-11H2,(H,27,28). The fourth-order valence-corrected chi connectivity index (χ4v) is 4.50. The molecule has 0 aliphatic carbocycles. The summed E-state index contributed by atoms with van der Waals surface area (Å²) in [5.74, 6) is -1.75. The normalized spacial score (nSPS) is 18.9. The van der Waals surface area contributed by atoms with E-state index in [0.717, 1.165) is 38.7 Å². The number of para-hydroxylation sites is 1. The summed E-state index contributed by atoms with van der Waals surface area (Å²) in [5, 5.41) is 11.8. The summed E-state index contributed by atoms with van der Waals surface area (Å²) in [6.45, 7) is 0. The van der Waals surface area contributed by atoms with Gasteiger partial charge in [0.25, 0.3) is 0 Å². The average Bonchev–Trinajstić information content (AvgIpc) is 3.35. The summed E-state index contributed by atoms with van der Waals surface area (Å²) in [7, 11) is 0. The van der Waals surface area contributed by atoms with Crippen LogP contribution in [0.15, 0.2) is 59.2 Å². The Morgan fingerprint density at radius 2 is 2.03 bits per heavy atom. The molecule has 5 rings (SSSR count). The number of furan rings is 1. The summed E-state index contributed by atoms with van der Waals surface area (Å²) in [6, 6.07) is 13.7. The largest absolute Gasteiger partial charge is 0.480 e. The number of rotatable bonds is 3. The van der Waals surface area contributed by atoms with Crippen LogP contribution in [0.4, 0.5) is 0 Å². The van der Waals surface area contributed by atoms with E-state index in [1.54, 1.807) is 6.26 Å². The van der Waals surface area contributed by atoms with Gasteiger partial charge < -0.3 is 19.4 Å². The van der Waals surface area contributed by atoms with Gasteiger partial charge in [-0.15, -0.1) is 11.6 Å². The van der Waals surface area contributed by atoms with Crippen molar-refractivity contribution in [2.75, 3.05) is 5.88 Å². The van der Waals surface area contributed by atoms with Crippen LogP contribution < -0.4 is 0 Å².